The monoisotopic (exact) mass is 253 g/mol. The first-order valence-corrected chi connectivity index (χ1v) is 5.94. The van der Waals surface area contributed by atoms with E-state index in [9.17, 15) is 9.59 Å². The average Bonchev–Trinajstić information content (AvgIpc) is 2.36. The number of terminal acetylenes is 1. The van der Waals surface area contributed by atoms with Crippen LogP contribution < -0.4 is 5.32 Å². The highest BCUT2D eigenvalue weighted by atomic mass is 16.4. The molecule has 0 bridgehead atoms. The molecule has 0 saturated carbocycles. The molecule has 0 spiro atoms. The number of piperazine rings is 1. The number of nitrogens with one attached hydrogen (secondary N) is 1. The van der Waals surface area contributed by atoms with Gasteiger partial charge >= 0.3 is 5.97 Å². The number of rotatable bonds is 5. The van der Waals surface area contributed by atoms with Gasteiger partial charge in [0.15, 0.2) is 0 Å². The van der Waals surface area contributed by atoms with Gasteiger partial charge in [-0.1, -0.05) is 5.92 Å². The molecule has 0 aromatic carbocycles. The zero-order valence-electron chi connectivity index (χ0n) is 10.6. The van der Waals surface area contributed by atoms with E-state index in [1.807, 2.05) is 9.80 Å². The van der Waals surface area contributed by atoms with Gasteiger partial charge in [0.05, 0.1) is 13.1 Å². The number of amides is 1. The topological polar surface area (TPSA) is 72.9 Å². The molecular weight excluding hydrogens is 234 g/mol. The van der Waals surface area contributed by atoms with Crippen molar-refractivity contribution in [1.29, 1.82) is 0 Å². The Balaban J connectivity index is 2.29. The van der Waals surface area contributed by atoms with Crippen LogP contribution in [0.2, 0.25) is 0 Å². The van der Waals surface area contributed by atoms with Gasteiger partial charge in [-0.3, -0.25) is 19.4 Å². The molecule has 1 fully saturated rings. The molecular formula is C12H19N3O3. The van der Waals surface area contributed by atoms with Crippen LogP contribution in [0.5, 0.6) is 0 Å². The number of carbonyl (C=O) groups excluding carboxylic acids is 1. The van der Waals surface area contributed by atoms with Gasteiger partial charge in [0.2, 0.25) is 5.91 Å². The van der Waals surface area contributed by atoms with E-state index in [2.05, 4.69) is 11.2 Å². The first-order chi connectivity index (χ1) is 8.54. The van der Waals surface area contributed by atoms with Gasteiger partial charge in [-0.2, -0.15) is 0 Å². The number of carboxylic acids is 1. The molecule has 1 saturated heterocycles. The lowest BCUT2D eigenvalue weighted by atomic mass is 10.2. The van der Waals surface area contributed by atoms with Crippen LogP contribution >= 0.6 is 0 Å². The van der Waals surface area contributed by atoms with Crippen molar-refractivity contribution in [2.75, 3.05) is 39.3 Å². The average molecular weight is 253 g/mol. The van der Waals surface area contributed by atoms with Gasteiger partial charge < -0.3 is 10.4 Å². The zero-order valence-corrected chi connectivity index (χ0v) is 10.6. The normalized spacial score (nSPS) is 18.9. The van der Waals surface area contributed by atoms with Gasteiger partial charge in [0.25, 0.3) is 0 Å². The second-order valence-corrected chi connectivity index (χ2v) is 4.31. The number of hydrogen-bond donors (Lipinski definition) is 2. The third-order valence-electron chi connectivity index (χ3n) is 3.07. The summed E-state index contributed by atoms with van der Waals surface area (Å²) >= 11 is 0. The standard InChI is InChI=1S/C12H19N3O3/c1-3-4-13-11(16)9-14-5-7-15(8-6-14)10(2)12(17)18/h1,10H,4-9H2,2H3,(H,13,16)(H,17,18). The Morgan fingerprint density at radius 1 is 1.39 bits per heavy atom. The van der Waals surface area contributed by atoms with E-state index in [-0.39, 0.29) is 12.5 Å². The molecule has 1 heterocycles. The fourth-order valence-electron chi connectivity index (χ4n) is 1.87. The first-order valence-electron chi connectivity index (χ1n) is 5.94. The van der Waals surface area contributed by atoms with Crippen molar-refractivity contribution in [3.8, 4) is 12.3 Å². The number of carboxylic acid groups (broad SMARTS) is 1. The SMILES string of the molecule is C#CCNC(=O)CN1CCN(C(C)C(=O)O)CC1. The van der Waals surface area contributed by atoms with E-state index in [0.29, 0.717) is 32.7 Å². The fourth-order valence-corrected chi connectivity index (χ4v) is 1.87. The summed E-state index contributed by atoms with van der Waals surface area (Å²) < 4.78 is 0. The summed E-state index contributed by atoms with van der Waals surface area (Å²) in [6, 6.07) is -0.470. The summed E-state index contributed by atoms with van der Waals surface area (Å²) in [5, 5.41) is 11.5. The Morgan fingerprint density at radius 2 is 2.00 bits per heavy atom. The van der Waals surface area contributed by atoms with Gasteiger partial charge in [-0.25, -0.2) is 0 Å². The van der Waals surface area contributed by atoms with Crippen LogP contribution in [0.15, 0.2) is 0 Å². The lowest BCUT2D eigenvalue weighted by Gasteiger charge is -2.36. The van der Waals surface area contributed by atoms with Crippen molar-refractivity contribution in [1.82, 2.24) is 15.1 Å². The summed E-state index contributed by atoms with van der Waals surface area (Å²) in [6.45, 7) is 4.96. The van der Waals surface area contributed by atoms with Crippen molar-refractivity contribution in [2.24, 2.45) is 0 Å². The zero-order chi connectivity index (χ0) is 13.5. The Morgan fingerprint density at radius 3 is 2.50 bits per heavy atom. The maximum Gasteiger partial charge on any atom is 0.320 e. The molecule has 1 rings (SSSR count). The minimum absolute atomic E-state index is 0.0901. The predicted molar refractivity (Wildman–Crippen MR) is 67.0 cm³/mol. The van der Waals surface area contributed by atoms with Crippen LogP contribution in [0, 0.1) is 12.3 Å². The van der Waals surface area contributed by atoms with Gasteiger partial charge in [0.1, 0.15) is 6.04 Å². The molecule has 1 aliphatic rings. The minimum atomic E-state index is -0.810. The summed E-state index contributed by atoms with van der Waals surface area (Å²) in [6.07, 6.45) is 5.05. The van der Waals surface area contributed by atoms with Crippen LogP contribution in [0.3, 0.4) is 0 Å². The van der Waals surface area contributed by atoms with E-state index in [4.69, 9.17) is 11.5 Å². The lowest BCUT2D eigenvalue weighted by Crippen LogP contribution is -2.53. The molecule has 6 heteroatoms. The summed E-state index contributed by atoms with van der Waals surface area (Å²) in [7, 11) is 0. The summed E-state index contributed by atoms with van der Waals surface area (Å²) in [5.41, 5.74) is 0. The number of nitrogens with zero attached hydrogens (tertiary/aromatic N) is 2. The van der Waals surface area contributed by atoms with E-state index >= 15 is 0 Å². The van der Waals surface area contributed by atoms with E-state index in [1.54, 1.807) is 6.92 Å². The van der Waals surface area contributed by atoms with E-state index < -0.39 is 12.0 Å². The second kappa shape index (κ2) is 6.99. The molecule has 100 valence electrons. The molecule has 2 N–H and O–H groups in total. The quantitative estimate of drug-likeness (QED) is 0.604. The summed E-state index contributed by atoms with van der Waals surface area (Å²) in [4.78, 5) is 26.2. The molecule has 0 aliphatic carbocycles. The number of aliphatic carboxylic acids is 1. The third kappa shape index (κ3) is 4.35. The molecule has 0 aromatic heterocycles. The van der Waals surface area contributed by atoms with Crippen LogP contribution in [-0.4, -0.2) is 72.1 Å². The van der Waals surface area contributed by atoms with E-state index in [0.717, 1.165) is 0 Å². The smallest absolute Gasteiger partial charge is 0.320 e. The fraction of sp³-hybridized carbons (Fsp3) is 0.667. The van der Waals surface area contributed by atoms with Crippen molar-refractivity contribution in [2.45, 2.75) is 13.0 Å². The molecule has 1 unspecified atom stereocenters. The Hall–Kier alpha value is -1.58. The highest BCUT2D eigenvalue weighted by Gasteiger charge is 2.25. The van der Waals surface area contributed by atoms with Gasteiger partial charge in [-0.05, 0) is 6.92 Å². The van der Waals surface area contributed by atoms with Crippen molar-refractivity contribution < 1.29 is 14.7 Å². The predicted octanol–water partition coefficient (Wildman–Crippen LogP) is -1.17. The van der Waals surface area contributed by atoms with E-state index in [1.165, 1.54) is 0 Å². The minimum Gasteiger partial charge on any atom is -0.480 e. The highest BCUT2D eigenvalue weighted by Crippen LogP contribution is 2.06. The molecule has 18 heavy (non-hydrogen) atoms. The molecule has 0 radical (unpaired) electrons. The number of carbonyl (C=O) groups is 2. The van der Waals surface area contributed by atoms with Crippen molar-refractivity contribution >= 4 is 11.9 Å². The Kier molecular flexibility index (Phi) is 5.62. The van der Waals surface area contributed by atoms with Crippen LogP contribution in [0.1, 0.15) is 6.92 Å². The molecule has 1 atom stereocenters. The molecule has 6 nitrogen and oxygen atoms in total. The van der Waals surface area contributed by atoms with Crippen LogP contribution in [0.4, 0.5) is 0 Å². The Labute approximate surface area is 107 Å². The largest absolute Gasteiger partial charge is 0.480 e. The second-order valence-electron chi connectivity index (χ2n) is 4.31. The van der Waals surface area contributed by atoms with Crippen LogP contribution in [-0.2, 0) is 9.59 Å². The molecule has 1 aliphatic heterocycles. The number of hydrogen-bond acceptors (Lipinski definition) is 4. The third-order valence-corrected chi connectivity index (χ3v) is 3.07. The van der Waals surface area contributed by atoms with Gasteiger partial charge in [0, 0.05) is 26.2 Å². The maximum atomic E-state index is 11.4. The molecule has 1 amide bonds. The van der Waals surface area contributed by atoms with Crippen LogP contribution in [0.25, 0.3) is 0 Å². The van der Waals surface area contributed by atoms with Gasteiger partial charge in [-0.15, -0.1) is 6.42 Å². The Bertz CT molecular complexity index is 343. The first kappa shape index (κ1) is 14.5. The lowest BCUT2D eigenvalue weighted by molar-refractivity contribution is -0.143. The van der Waals surface area contributed by atoms with Crippen molar-refractivity contribution in [3.63, 3.8) is 0 Å². The maximum absolute atomic E-state index is 11.4. The highest BCUT2D eigenvalue weighted by molar-refractivity contribution is 5.78. The molecule has 0 aromatic rings. The summed E-state index contributed by atoms with van der Waals surface area (Å²) in [5.74, 6) is 1.45. The van der Waals surface area contributed by atoms with Crippen molar-refractivity contribution in [3.05, 3.63) is 0 Å².